The number of hydrogen-bond donors (Lipinski definition) is 0. The van der Waals surface area contributed by atoms with Crippen molar-refractivity contribution < 1.29 is 14.3 Å². The smallest absolute Gasteiger partial charge is 0.254 e. The summed E-state index contributed by atoms with van der Waals surface area (Å²) in [6.45, 7) is 6.98. The van der Waals surface area contributed by atoms with Crippen molar-refractivity contribution in [1.29, 1.82) is 5.26 Å². The second-order valence-corrected chi connectivity index (χ2v) is 6.53. The normalized spacial score (nSPS) is 10.1. The number of rotatable bonds is 9. The standard InChI is InChI=1S/C22H23ClN2O3/c1-4-10-25(15-17-8-6-16(14-24)7-9-17)22(26)18-12-19(23)21(28-11-5-2)20(13-18)27-3/h4,6-9,12-13H,1,5,10-11,15H2,2-3H3. The van der Waals surface area contributed by atoms with Gasteiger partial charge in [0.15, 0.2) is 11.5 Å². The summed E-state index contributed by atoms with van der Waals surface area (Å²) >= 11 is 6.34. The lowest BCUT2D eigenvalue weighted by Gasteiger charge is -2.22. The van der Waals surface area contributed by atoms with Crippen LogP contribution in [0.2, 0.25) is 5.02 Å². The molecule has 28 heavy (non-hydrogen) atoms. The topological polar surface area (TPSA) is 62.6 Å². The number of ether oxygens (including phenoxy) is 2. The van der Waals surface area contributed by atoms with E-state index in [-0.39, 0.29) is 5.91 Å². The first-order valence-corrected chi connectivity index (χ1v) is 9.31. The summed E-state index contributed by atoms with van der Waals surface area (Å²) in [4.78, 5) is 14.7. The second kappa shape index (κ2) is 10.4. The first kappa shape index (κ1) is 21.3. The maximum atomic E-state index is 13.1. The van der Waals surface area contributed by atoms with Crippen molar-refractivity contribution in [2.45, 2.75) is 19.9 Å². The Labute approximate surface area is 170 Å². The summed E-state index contributed by atoms with van der Waals surface area (Å²) < 4.78 is 11.0. The first-order valence-electron chi connectivity index (χ1n) is 8.93. The summed E-state index contributed by atoms with van der Waals surface area (Å²) in [6.07, 6.45) is 2.50. The monoisotopic (exact) mass is 398 g/mol. The van der Waals surface area contributed by atoms with Gasteiger partial charge in [-0.3, -0.25) is 4.79 Å². The van der Waals surface area contributed by atoms with Crippen LogP contribution in [-0.2, 0) is 6.54 Å². The number of nitrogens with zero attached hydrogens (tertiary/aromatic N) is 2. The van der Waals surface area contributed by atoms with Crippen LogP contribution in [-0.4, -0.2) is 31.1 Å². The van der Waals surface area contributed by atoms with E-state index in [1.54, 1.807) is 35.2 Å². The van der Waals surface area contributed by atoms with Crippen LogP contribution in [0.15, 0.2) is 49.1 Å². The number of nitriles is 1. The molecule has 0 spiro atoms. The molecule has 0 saturated carbocycles. The van der Waals surface area contributed by atoms with Crippen LogP contribution in [0.3, 0.4) is 0 Å². The van der Waals surface area contributed by atoms with Crippen molar-refractivity contribution in [3.8, 4) is 17.6 Å². The fourth-order valence-corrected chi connectivity index (χ4v) is 2.92. The molecule has 0 saturated heterocycles. The van der Waals surface area contributed by atoms with E-state index in [4.69, 9.17) is 26.3 Å². The van der Waals surface area contributed by atoms with E-state index >= 15 is 0 Å². The van der Waals surface area contributed by atoms with Crippen molar-refractivity contribution in [1.82, 2.24) is 4.90 Å². The number of benzene rings is 2. The quantitative estimate of drug-likeness (QED) is 0.567. The molecule has 0 fully saturated rings. The summed E-state index contributed by atoms with van der Waals surface area (Å²) in [6, 6.07) is 12.4. The molecule has 146 valence electrons. The molecular weight excluding hydrogens is 376 g/mol. The minimum atomic E-state index is -0.202. The van der Waals surface area contributed by atoms with Gasteiger partial charge >= 0.3 is 0 Å². The van der Waals surface area contributed by atoms with E-state index in [1.165, 1.54) is 7.11 Å². The Morgan fingerprint density at radius 2 is 2.04 bits per heavy atom. The van der Waals surface area contributed by atoms with Gasteiger partial charge in [-0.1, -0.05) is 36.7 Å². The molecule has 5 nitrogen and oxygen atoms in total. The summed E-state index contributed by atoms with van der Waals surface area (Å²) in [5.41, 5.74) is 1.89. The van der Waals surface area contributed by atoms with Crippen LogP contribution < -0.4 is 9.47 Å². The minimum Gasteiger partial charge on any atom is -0.493 e. The zero-order chi connectivity index (χ0) is 20.5. The Kier molecular flexibility index (Phi) is 7.91. The number of carbonyl (C=O) groups is 1. The van der Waals surface area contributed by atoms with Crippen LogP contribution in [0.5, 0.6) is 11.5 Å². The zero-order valence-corrected chi connectivity index (χ0v) is 16.8. The molecule has 0 aliphatic heterocycles. The fourth-order valence-electron chi connectivity index (χ4n) is 2.65. The Morgan fingerprint density at radius 3 is 2.61 bits per heavy atom. The average molecular weight is 399 g/mol. The highest BCUT2D eigenvalue weighted by Crippen LogP contribution is 2.37. The molecule has 2 aromatic carbocycles. The van der Waals surface area contributed by atoms with Gasteiger partial charge in [0.05, 0.1) is 30.4 Å². The Morgan fingerprint density at radius 1 is 1.32 bits per heavy atom. The molecule has 2 aromatic rings. The Balaban J connectivity index is 2.29. The molecule has 0 aromatic heterocycles. The van der Waals surface area contributed by atoms with Crippen LogP contribution in [0.1, 0.15) is 34.8 Å². The van der Waals surface area contributed by atoms with E-state index < -0.39 is 0 Å². The predicted octanol–water partition coefficient (Wildman–Crippen LogP) is 4.84. The van der Waals surface area contributed by atoms with Gasteiger partial charge in [-0.2, -0.15) is 5.26 Å². The molecule has 0 aliphatic rings. The van der Waals surface area contributed by atoms with Gasteiger partial charge < -0.3 is 14.4 Å². The number of halogens is 1. The highest BCUT2D eigenvalue weighted by atomic mass is 35.5. The van der Waals surface area contributed by atoms with Gasteiger partial charge in [-0.25, -0.2) is 0 Å². The third kappa shape index (κ3) is 5.28. The summed E-state index contributed by atoms with van der Waals surface area (Å²) in [5.74, 6) is 0.651. The van der Waals surface area contributed by atoms with E-state index in [0.717, 1.165) is 12.0 Å². The van der Waals surface area contributed by atoms with Crippen molar-refractivity contribution >= 4 is 17.5 Å². The largest absolute Gasteiger partial charge is 0.493 e. The third-order valence-corrected chi connectivity index (χ3v) is 4.30. The Bertz CT molecular complexity index is 873. The molecule has 0 aliphatic carbocycles. The fraction of sp³-hybridized carbons (Fsp3) is 0.273. The number of methoxy groups -OCH3 is 1. The number of hydrogen-bond acceptors (Lipinski definition) is 4. The van der Waals surface area contributed by atoms with Crippen molar-refractivity contribution in [3.05, 3.63) is 70.8 Å². The summed E-state index contributed by atoms with van der Waals surface area (Å²) in [5, 5.41) is 9.25. The van der Waals surface area contributed by atoms with E-state index in [1.807, 2.05) is 19.1 Å². The molecule has 1 amide bonds. The van der Waals surface area contributed by atoms with Crippen LogP contribution in [0.4, 0.5) is 0 Å². The molecule has 2 rings (SSSR count). The van der Waals surface area contributed by atoms with Crippen LogP contribution >= 0.6 is 11.6 Å². The van der Waals surface area contributed by atoms with Gasteiger partial charge in [0.1, 0.15) is 0 Å². The Hall–Kier alpha value is -2.97. The molecule has 0 atom stereocenters. The van der Waals surface area contributed by atoms with Crippen LogP contribution in [0, 0.1) is 11.3 Å². The minimum absolute atomic E-state index is 0.202. The zero-order valence-electron chi connectivity index (χ0n) is 16.1. The van der Waals surface area contributed by atoms with Crippen molar-refractivity contribution in [3.63, 3.8) is 0 Å². The van der Waals surface area contributed by atoms with Gasteiger partial charge in [0.25, 0.3) is 5.91 Å². The molecule has 0 bridgehead atoms. The molecule has 0 N–H and O–H groups in total. The molecule has 0 unspecified atom stereocenters. The lowest BCUT2D eigenvalue weighted by Crippen LogP contribution is -2.30. The second-order valence-electron chi connectivity index (χ2n) is 6.12. The molecule has 6 heteroatoms. The number of carbonyl (C=O) groups excluding carboxylic acids is 1. The van der Waals surface area contributed by atoms with E-state index in [9.17, 15) is 4.79 Å². The molecular formula is C22H23ClN2O3. The first-order chi connectivity index (χ1) is 13.5. The van der Waals surface area contributed by atoms with Crippen molar-refractivity contribution in [2.75, 3.05) is 20.3 Å². The molecule has 0 radical (unpaired) electrons. The van der Waals surface area contributed by atoms with Gasteiger partial charge in [0.2, 0.25) is 0 Å². The maximum absolute atomic E-state index is 13.1. The van der Waals surface area contributed by atoms with Gasteiger partial charge in [-0.15, -0.1) is 6.58 Å². The lowest BCUT2D eigenvalue weighted by atomic mass is 10.1. The van der Waals surface area contributed by atoms with E-state index in [0.29, 0.717) is 47.3 Å². The highest BCUT2D eigenvalue weighted by molar-refractivity contribution is 6.32. The van der Waals surface area contributed by atoms with Crippen molar-refractivity contribution in [2.24, 2.45) is 0 Å². The highest BCUT2D eigenvalue weighted by Gasteiger charge is 2.20. The SMILES string of the molecule is C=CCN(Cc1ccc(C#N)cc1)C(=O)c1cc(Cl)c(OCCC)c(OC)c1. The summed E-state index contributed by atoms with van der Waals surface area (Å²) in [7, 11) is 1.51. The lowest BCUT2D eigenvalue weighted by molar-refractivity contribution is 0.0762. The number of amides is 1. The van der Waals surface area contributed by atoms with Gasteiger partial charge in [-0.05, 0) is 36.2 Å². The average Bonchev–Trinajstić information content (AvgIpc) is 2.72. The van der Waals surface area contributed by atoms with E-state index in [2.05, 4.69) is 12.6 Å². The maximum Gasteiger partial charge on any atom is 0.254 e. The molecule has 0 heterocycles. The predicted molar refractivity (Wildman–Crippen MR) is 110 cm³/mol. The van der Waals surface area contributed by atoms with Crippen LogP contribution in [0.25, 0.3) is 0 Å². The van der Waals surface area contributed by atoms with Gasteiger partial charge in [0, 0.05) is 18.7 Å². The third-order valence-electron chi connectivity index (χ3n) is 4.02.